The minimum absolute atomic E-state index is 0.0611. The number of carbonyl (C=O) groups is 1. The predicted octanol–water partition coefficient (Wildman–Crippen LogP) is 2.90. The zero-order valence-electron chi connectivity index (χ0n) is 17.0. The lowest BCUT2D eigenvalue weighted by Gasteiger charge is -2.13. The second-order valence-corrected chi connectivity index (χ2v) is 8.55. The Bertz CT molecular complexity index is 1480. The number of hydrogen-bond acceptors (Lipinski definition) is 5. The van der Waals surface area contributed by atoms with Crippen LogP contribution in [0.3, 0.4) is 0 Å². The third kappa shape index (κ3) is 4.11. The Kier molecular flexibility index (Phi) is 5.52. The fourth-order valence-corrected chi connectivity index (χ4v) is 3.85. The molecule has 0 spiro atoms. The van der Waals surface area contributed by atoms with E-state index in [1.807, 2.05) is 0 Å². The number of ether oxygens (including phenoxy) is 1. The first-order chi connectivity index (χ1) is 15.3. The topological polar surface area (TPSA) is 120 Å². The van der Waals surface area contributed by atoms with Crippen LogP contribution in [0.4, 0.5) is 5.69 Å². The molecule has 8 nitrogen and oxygen atoms in total. The van der Waals surface area contributed by atoms with Gasteiger partial charge in [-0.05, 0) is 54.6 Å². The van der Waals surface area contributed by atoms with E-state index in [0.717, 1.165) is 0 Å². The first-order valence-corrected chi connectivity index (χ1v) is 11.1. The maximum Gasteiger partial charge on any atom is 0.262 e. The summed E-state index contributed by atoms with van der Waals surface area (Å²) in [5.41, 5.74) is 0.980. The van der Waals surface area contributed by atoms with Gasteiger partial charge in [0, 0.05) is 28.3 Å². The van der Waals surface area contributed by atoms with Crippen molar-refractivity contribution in [3.8, 4) is 11.4 Å². The molecule has 3 aromatic carbocycles. The summed E-state index contributed by atoms with van der Waals surface area (Å²) in [6.45, 7) is 0. The van der Waals surface area contributed by atoms with Crippen molar-refractivity contribution in [3.05, 3.63) is 94.9 Å². The van der Waals surface area contributed by atoms with Gasteiger partial charge in [-0.25, -0.2) is 13.6 Å². The molecule has 0 saturated carbocycles. The van der Waals surface area contributed by atoms with Gasteiger partial charge in [-0.2, -0.15) is 0 Å². The molecule has 0 unspecified atom stereocenters. The standard InChI is InChI=1S/C23H19N3O5S/c1-31-17-10-8-16(9-11-17)26-14-21(19-4-2-3-5-20(19)23(26)28)22(27)25-15-6-12-18(13-7-15)32(24,29)30/h2-14H,1H3,(H,25,27)(H2,24,29,30). The van der Waals surface area contributed by atoms with Gasteiger partial charge < -0.3 is 10.1 Å². The maximum absolute atomic E-state index is 13.1. The number of rotatable bonds is 5. The first-order valence-electron chi connectivity index (χ1n) is 9.51. The average molecular weight is 449 g/mol. The van der Waals surface area contributed by atoms with Crippen molar-refractivity contribution in [2.24, 2.45) is 5.14 Å². The third-order valence-corrected chi connectivity index (χ3v) is 5.89. The van der Waals surface area contributed by atoms with Crippen LogP contribution in [-0.2, 0) is 10.0 Å². The second kappa shape index (κ2) is 8.29. The zero-order chi connectivity index (χ0) is 22.9. The van der Waals surface area contributed by atoms with Gasteiger partial charge in [-0.3, -0.25) is 14.2 Å². The highest BCUT2D eigenvalue weighted by molar-refractivity contribution is 7.89. The number of aromatic nitrogens is 1. The van der Waals surface area contributed by atoms with Crippen LogP contribution in [0, 0.1) is 0 Å². The number of nitrogens with one attached hydrogen (secondary N) is 1. The SMILES string of the molecule is COc1ccc(-n2cc(C(=O)Nc3ccc(S(N)(=O)=O)cc3)c3ccccc3c2=O)cc1. The maximum atomic E-state index is 13.1. The summed E-state index contributed by atoms with van der Waals surface area (Å²) >= 11 is 0. The smallest absolute Gasteiger partial charge is 0.262 e. The molecule has 0 radical (unpaired) electrons. The summed E-state index contributed by atoms with van der Waals surface area (Å²) in [6, 6.07) is 19.2. The number of methoxy groups -OCH3 is 1. The Morgan fingerprint density at radius 1 is 0.938 bits per heavy atom. The van der Waals surface area contributed by atoms with Crippen LogP contribution in [0.15, 0.2) is 88.7 Å². The lowest BCUT2D eigenvalue weighted by Crippen LogP contribution is -2.22. The van der Waals surface area contributed by atoms with Crippen molar-refractivity contribution in [3.63, 3.8) is 0 Å². The Morgan fingerprint density at radius 2 is 1.56 bits per heavy atom. The van der Waals surface area contributed by atoms with E-state index >= 15 is 0 Å². The van der Waals surface area contributed by atoms with Crippen molar-refractivity contribution in [2.75, 3.05) is 12.4 Å². The molecule has 1 aromatic heterocycles. The van der Waals surface area contributed by atoms with E-state index in [2.05, 4.69) is 5.32 Å². The largest absolute Gasteiger partial charge is 0.497 e. The number of carbonyl (C=O) groups excluding carboxylic acids is 1. The molecule has 0 fully saturated rings. The highest BCUT2D eigenvalue weighted by Crippen LogP contribution is 2.21. The van der Waals surface area contributed by atoms with Crippen LogP contribution in [0.2, 0.25) is 0 Å². The van der Waals surface area contributed by atoms with Crippen molar-refractivity contribution < 1.29 is 17.9 Å². The second-order valence-electron chi connectivity index (χ2n) is 6.99. The lowest BCUT2D eigenvalue weighted by molar-refractivity contribution is 0.102. The molecule has 0 saturated heterocycles. The van der Waals surface area contributed by atoms with Gasteiger partial charge in [-0.15, -0.1) is 0 Å². The van der Waals surface area contributed by atoms with E-state index in [1.165, 1.54) is 35.0 Å². The number of hydrogen-bond donors (Lipinski definition) is 2. The number of amides is 1. The highest BCUT2D eigenvalue weighted by Gasteiger charge is 2.16. The molecule has 0 aliphatic carbocycles. The molecule has 4 aromatic rings. The zero-order valence-corrected chi connectivity index (χ0v) is 17.8. The van der Waals surface area contributed by atoms with Crippen LogP contribution >= 0.6 is 0 Å². The molecule has 32 heavy (non-hydrogen) atoms. The van der Waals surface area contributed by atoms with E-state index in [-0.39, 0.29) is 16.0 Å². The molecular weight excluding hydrogens is 430 g/mol. The molecule has 1 amide bonds. The van der Waals surface area contributed by atoms with Gasteiger partial charge in [0.15, 0.2) is 0 Å². The predicted molar refractivity (Wildman–Crippen MR) is 122 cm³/mol. The summed E-state index contributed by atoms with van der Waals surface area (Å²) in [4.78, 5) is 26.1. The van der Waals surface area contributed by atoms with Crippen molar-refractivity contribution in [1.29, 1.82) is 0 Å². The van der Waals surface area contributed by atoms with Gasteiger partial charge in [0.05, 0.1) is 17.6 Å². The number of anilines is 1. The Balaban J connectivity index is 1.78. The van der Waals surface area contributed by atoms with Gasteiger partial charge >= 0.3 is 0 Å². The summed E-state index contributed by atoms with van der Waals surface area (Å²) in [5, 5.41) is 8.74. The molecule has 4 rings (SSSR count). The Morgan fingerprint density at radius 3 is 2.16 bits per heavy atom. The van der Waals surface area contributed by atoms with Crippen LogP contribution in [0.1, 0.15) is 10.4 Å². The number of fused-ring (bicyclic) bond motifs is 1. The normalized spacial score (nSPS) is 11.3. The summed E-state index contributed by atoms with van der Waals surface area (Å²) < 4.78 is 29.4. The lowest BCUT2D eigenvalue weighted by atomic mass is 10.1. The van der Waals surface area contributed by atoms with Gasteiger partial charge in [0.1, 0.15) is 5.75 Å². The van der Waals surface area contributed by atoms with Gasteiger partial charge in [0.25, 0.3) is 11.5 Å². The van der Waals surface area contributed by atoms with Crippen LogP contribution in [0.25, 0.3) is 16.5 Å². The molecular formula is C23H19N3O5S. The van der Waals surface area contributed by atoms with E-state index in [1.54, 1.807) is 55.6 Å². The molecule has 0 aliphatic heterocycles. The minimum Gasteiger partial charge on any atom is -0.497 e. The molecule has 3 N–H and O–H groups in total. The third-order valence-electron chi connectivity index (χ3n) is 4.96. The number of nitrogens with zero attached hydrogens (tertiary/aromatic N) is 1. The molecule has 162 valence electrons. The fourth-order valence-electron chi connectivity index (χ4n) is 3.33. The number of benzene rings is 3. The number of primary sulfonamides is 1. The quantitative estimate of drug-likeness (QED) is 0.485. The summed E-state index contributed by atoms with van der Waals surface area (Å²) in [6.07, 6.45) is 1.49. The fraction of sp³-hybridized carbons (Fsp3) is 0.0435. The number of sulfonamides is 1. The Labute approximate surface area is 183 Å². The minimum atomic E-state index is -3.83. The summed E-state index contributed by atoms with van der Waals surface area (Å²) in [5.74, 6) is 0.190. The van der Waals surface area contributed by atoms with Crippen molar-refractivity contribution in [1.82, 2.24) is 4.57 Å². The summed E-state index contributed by atoms with van der Waals surface area (Å²) in [7, 11) is -2.28. The monoisotopic (exact) mass is 449 g/mol. The van der Waals surface area contributed by atoms with Crippen molar-refractivity contribution >= 4 is 32.4 Å². The van der Waals surface area contributed by atoms with E-state index < -0.39 is 15.9 Å². The number of pyridine rings is 1. The highest BCUT2D eigenvalue weighted by atomic mass is 32.2. The van der Waals surface area contributed by atoms with Crippen LogP contribution in [-0.4, -0.2) is 26.0 Å². The van der Waals surface area contributed by atoms with E-state index in [0.29, 0.717) is 27.9 Å². The molecule has 0 bridgehead atoms. The molecule has 0 aliphatic rings. The van der Waals surface area contributed by atoms with E-state index in [4.69, 9.17) is 9.88 Å². The Hall–Kier alpha value is -3.95. The van der Waals surface area contributed by atoms with Crippen molar-refractivity contribution in [2.45, 2.75) is 4.90 Å². The first kappa shape index (κ1) is 21.3. The van der Waals surface area contributed by atoms with Crippen LogP contribution in [0.5, 0.6) is 5.75 Å². The molecule has 9 heteroatoms. The van der Waals surface area contributed by atoms with Crippen LogP contribution < -0.4 is 20.8 Å². The van der Waals surface area contributed by atoms with Gasteiger partial charge in [-0.1, -0.05) is 18.2 Å². The number of nitrogens with two attached hydrogens (primary N) is 1. The molecule has 1 heterocycles. The van der Waals surface area contributed by atoms with Gasteiger partial charge in [0.2, 0.25) is 10.0 Å². The average Bonchev–Trinajstić information content (AvgIpc) is 2.79. The van der Waals surface area contributed by atoms with E-state index in [9.17, 15) is 18.0 Å². The molecule has 0 atom stereocenters.